The maximum atomic E-state index is 12.3. The van der Waals surface area contributed by atoms with Crippen LogP contribution in [-0.4, -0.2) is 53.0 Å². The summed E-state index contributed by atoms with van der Waals surface area (Å²) in [5.41, 5.74) is 0. The van der Waals surface area contributed by atoms with Crippen molar-refractivity contribution in [2.75, 3.05) is 13.1 Å². The van der Waals surface area contributed by atoms with Crippen LogP contribution in [0.1, 0.15) is 32.6 Å². The number of nitrogens with zero attached hydrogens (tertiary/aromatic N) is 2. The molecule has 0 aromatic rings. The van der Waals surface area contributed by atoms with Gasteiger partial charge in [-0.15, -0.1) is 0 Å². The molecule has 2 aliphatic heterocycles. The summed E-state index contributed by atoms with van der Waals surface area (Å²) in [5.74, 6) is -1.69. The Labute approximate surface area is 109 Å². The molecule has 1 atom stereocenters. The van der Waals surface area contributed by atoms with Crippen molar-refractivity contribution in [1.29, 1.82) is 0 Å². The summed E-state index contributed by atoms with van der Waals surface area (Å²) >= 11 is 0. The summed E-state index contributed by atoms with van der Waals surface area (Å²) in [6.45, 7) is 2.14. The van der Waals surface area contributed by atoms with Gasteiger partial charge in [0.1, 0.15) is 0 Å². The average molecular weight is 278 g/mol. The van der Waals surface area contributed by atoms with E-state index in [0.29, 0.717) is 19.3 Å². The number of rotatable bonds is 2. The van der Waals surface area contributed by atoms with E-state index < -0.39 is 12.1 Å². The van der Waals surface area contributed by atoms with Crippen LogP contribution in [0.5, 0.6) is 0 Å². The molecule has 0 radical (unpaired) electrons. The lowest BCUT2D eigenvalue weighted by atomic mass is 9.92. The average Bonchev–Trinajstić information content (AvgIpc) is 2.34. The monoisotopic (exact) mass is 278 g/mol. The maximum Gasteiger partial charge on any atom is 0.471 e. The van der Waals surface area contributed by atoms with Crippen LogP contribution in [0.4, 0.5) is 13.2 Å². The van der Waals surface area contributed by atoms with Crippen LogP contribution in [0.25, 0.3) is 0 Å². The molecule has 0 bridgehead atoms. The van der Waals surface area contributed by atoms with Crippen LogP contribution in [-0.2, 0) is 9.59 Å². The van der Waals surface area contributed by atoms with Crippen molar-refractivity contribution in [3.63, 3.8) is 0 Å². The molecule has 2 aliphatic rings. The third-order valence-electron chi connectivity index (χ3n) is 3.95. The van der Waals surface area contributed by atoms with Crippen LogP contribution < -0.4 is 0 Å². The van der Waals surface area contributed by atoms with E-state index in [9.17, 15) is 22.8 Å². The van der Waals surface area contributed by atoms with E-state index in [4.69, 9.17) is 0 Å². The SMILES string of the molecule is CC[C@H]1CC(=O)N1C1CCN(C(=O)C(F)(F)F)CC1. The molecule has 2 rings (SSSR count). The van der Waals surface area contributed by atoms with Gasteiger partial charge in [0.2, 0.25) is 5.91 Å². The molecule has 0 aromatic heterocycles. The van der Waals surface area contributed by atoms with Crippen molar-refractivity contribution in [2.45, 2.75) is 50.9 Å². The first-order chi connectivity index (χ1) is 8.84. The number of amides is 2. The fraction of sp³-hybridized carbons (Fsp3) is 0.833. The van der Waals surface area contributed by atoms with Gasteiger partial charge < -0.3 is 9.80 Å². The normalized spacial score (nSPS) is 25.5. The minimum atomic E-state index is -4.80. The Kier molecular flexibility index (Phi) is 3.73. The van der Waals surface area contributed by atoms with Crippen molar-refractivity contribution in [1.82, 2.24) is 9.80 Å². The second-order valence-electron chi connectivity index (χ2n) is 5.09. The highest BCUT2D eigenvalue weighted by molar-refractivity contribution is 5.84. The van der Waals surface area contributed by atoms with Gasteiger partial charge in [-0.2, -0.15) is 13.2 Å². The fourth-order valence-corrected chi connectivity index (χ4v) is 2.87. The Balaban J connectivity index is 1.89. The van der Waals surface area contributed by atoms with Gasteiger partial charge in [-0.05, 0) is 19.3 Å². The Morgan fingerprint density at radius 1 is 1.32 bits per heavy atom. The number of hydrogen-bond donors (Lipinski definition) is 0. The standard InChI is InChI=1S/C12H17F3N2O2/c1-2-8-7-10(18)17(8)9-3-5-16(6-4-9)11(19)12(13,14)15/h8-9H,2-7H2,1H3/t8-/m0/s1. The molecular weight excluding hydrogens is 261 g/mol. The molecule has 2 fully saturated rings. The highest BCUT2D eigenvalue weighted by Crippen LogP contribution is 2.30. The molecule has 4 nitrogen and oxygen atoms in total. The Morgan fingerprint density at radius 2 is 1.89 bits per heavy atom. The zero-order valence-corrected chi connectivity index (χ0v) is 10.7. The minimum Gasteiger partial charge on any atom is -0.336 e. The van der Waals surface area contributed by atoms with Crippen LogP contribution in [0.3, 0.4) is 0 Å². The van der Waals surface area contributed by atoms with E-state index in [1.54, 1.807) is 4.90 Å². The minimum absolute atomic E-state index is 0.0107. The molecule has 0 N–H and O–H groups in total. The second-order valence-corrected chi connectivity index (χ2v) is 5.09. The molecule has 19 heavy (non-hydrogen) atoms. The first kappa shape index (κ1) is 14.1. The maximum absolute atomic E-state index is 12.3. The molecule has 7 heteroatoms. The van der Waals surface area contributed by atoms with Gasteiger partial charge in [-0.3, -0.25) is 9.59 Å². The van der Waals surface area contributed by atoms with Gasteiger partial charge in [0, 0.05) is 31.6 Å². The summed E-state index contributed by atoms with van der Waals surface area (Å²) in [5, 5.41) is 0. The summed E-state index contributed by atoms with van der Waals surface area (Å²) in [7, 11) is 0. The Hall–Kier alpha value is -1.27. The molecule has 2 heterocycles. The van der Waals surface area contributed by atoms with E-state index in [1.165, 1.54) is 0 Å². The van der Waals surface area contributed by atoms with Gasteiger partial charge in [0.25, 0.3) is 0 Å². The Morgan fingerprint density at radius 3 is 2.32 bits per heavy atom. The van der Waals surface area contributed by atoms with Gasteiger partial charge >= 0.3 is 12.1 Å². The first-order valence-electron chi connectivity index (χ1n) is 6.51. The smallest absolute Gasteiger partial charge is 0.336 e. The molecule has 0 saturated carbocycles. The van der Waals surface area contributed by atoms with E-state index in [1.807, 2.05) is 6.92 Å². The van der Waals surface area contributed by atoms with Crippen molar-refractivity contribution in [3.8, 4) is 0 Å². The number of piperidine rings is 1. The highest BCUT2D eigenvalue weighted by Gasteiger charge is 2.45. The molecule has 108 valence electrons. The third-order valence-corrected chi connectivity index (χ3v) is 3.95. The van der Waals surface area contributed by atoms with E-state index in [2.05, 4.69) is 0 Å². The predicted octanol–water partition coefficient (Wildman–Crippen LogP) is 1.55. The van der Waals surface area contributed by atoms with Crippen molar-refractivity contribution in [2.24, 2.45) is 0 Å². The molecule has 0 aromatic carbocycles. The quantitative estimate of drug-likeness (QED) is 0.719. The fourth-order valence-electron chi connectivity index (χ4n) is 2.87. The summed E-state index contributed by atoms with van der Waals surface area (Å²) in [4.78, 5) is 25.2. The zero-order valence-electron chi connectivity index (χ0n) is 10.7. The summed E-state index contributed by atoms with van der Waals surface area (Å²) < 4.78 is 36.9. The number of halogens is 3. The molecule has 2 saturated heterocycles. The van der Waals surface area contributed by atoms with E-state index >= 15 is 0 Å². The van der Waals surface area contributed by atoms with Gasteiger partial charge in [-0.1, -0.05) is 6.92 Å². The number of alkyl halides is 3. The highest BCUT2D eigenvalue weighted by atomic mass is 19.4. The largest absolute Gasteiger partial charge is 0.471 e. The Bertz CT molecular complexity index is 376. The van der Waals surface area contributed by atoms with E-state index in [-0.39, 0.29) is 31.1 Å². The lowest BCUT2D eigenvalue weighted by molar-refractivity contribution is -0.187. The number of carbonyl (C=O) groups excluding carboxylic acids is 2. The summed E-state index contributed by atoms with van der Waals surface area (Å²) in [6.07, 6.45) is -2.52. The van der Waals surface area contributed by atoms with Crippen molar-refractivity contribution < 1.29 is 22.8 Å². The van der Waals surface area contributed by atoms with Gasteiger partial charge in [0.15, 0.2) is 0 Å². The van der Waals surface area contributed by atoms with Crippen LogP contribution in [0.2, 0.25) is 0 Å². The molecular formula is C12H17F3N2O2. The third kappa shape index (κ3) is 2.69. The topological polar surface area (TPSA) is 40.6 Å². The second kappa shape index (κ2) is 5.02. The predicted molar refractivity (Wildman–Crippen MR) is 61.2 cm³/mol. The van der Waals surface area contributed by atoms with Crippen LogP contribution in [0, 0.1) is 0 Å². The first-order valence-corrected chi connectivity index (χ1v) is 6.51. The van der Waals surface area contributed by atoms with Crippen molar-refractivity contribution in [3.05, 3.63) is 0 Å². The van der Waals surface area contributed by atoms with Crippen LogP contribution >= 0.6 is 0 Å². The van der Waals surface area contributed by atoms with Crippen LogP contribution in [0.15, 0.2) is 0 Å². The van der Waals surface area contributed by atoms with Crippen molar-refractivity contribution >= 4 is 11.8 Å². The lowest BCUT2D eigenvalue weighted by Gasteiger charge is -2.48. The summed E-state index contributed by atoms with van der Waals surface area (Å²) in [6, 6.07) is 0.214. The number of β-lactam (4-membered cyclic amide) rings is 1. The molecule has 0 aliphatic carbocycles. The number of likely N-dealkylation sites (tertiary alicyclic amines) is 2. The van der Waals surface area contributed by atoms with E-state index in [0.717, 1.165) is 11.3 Å². The van der Waals surface area contributed by atoms with Gasteiger partial charge in [-0.25, -0.2) is 0 Å². The van der Waals surface area contributed by atoms with Gasteiger partial charge in [0.05, 0.1) is 0 Å². The molecule has 2 amide bonds. The zero-order chi connectivity index (χ0) is 14.2. The number of hydrogen-bond acceptors (Lipinski definition) is 2. The lowest BCUT2D eigenvalue weighted by Crippen LogP contribution is -2.60. The molecule has 0 spiro atoms. The number of carbonyl (C=O) groups is 2. The molecule has 0 unspecified atom stereocenters.